The minimum Gasteiger partial charge on any atom is -0.416 e. The number of carbonyl (C=O) groups is 1. The number of nitrogens with two attached hydrogens (primary N) is 1. The van der Waals surface area contributed by atoms with E-state index in [-0.39, 0.29) is 19.3 Å². The number of pyridine rings is 1. The maximum Gasteiger partial charge on any atom is 0.426 e. The maximum atomic E-state index is 13.9. The molecule has 1 saturated heterocycles. The van der Waals surface area contributed by atoms with Crippen LogP contribution < -0.4 is 5.73 Å². The van der Waals surface area contributed by atoms with Crippen LogP contribution in [0.5, 0.6) is 0 Å². The average Bonchev–Trinajstić information content (AvgIpc) is 3.33. The molecule has 0 radical (unpaired) electrons. The predicted octanol–water partition coefficient (Wildman–Crippen LogP) is 4.44. The largest absolute Gasteiger partial charge is 0.426 e. The molecule has 2 aliphatic heterocycles. The molecule has 2 aromatic rings. The first kappa shape index (κ1) is 25.2. The zero-order chi connectivity index (χ0) is 26.0. The van der Waals surface area contributed by atoms with Crippen LogP contribution in [0.25, 0.3) is 11.6 Å². The quantitative estimate of drug-likeness (QED) is 0.506. The first-order valence-corrected chi connectivity index (χ1v) is 10.9. The number of anilines is 1. The van der Waals surface area contributed by atoms with Gasteiger partial charge in [0.1, 0.15) is 5.69 Å². The fourth-order valence-corrected chi connectivity index (χ4v) is 4.79. The van der Waals surface area contributed by atoms with Gasteiger partial charge >= 0.3 is 12.4 Å². The number of nitrogen functional groups attached to an aromatic ring is 1. The third kappa shape index (κ3) is 4.21. The maximum absolute atomic E-state index is 13.9. The van der Waals surface area contributed by atoms with Gasteiger partial charge in [0, 0.05) is 11.6 Å². The van der Waals surface area contributed by atoms with Crippen LogP contribution in [-0.2, 0) is 11.8 Å². The Morgan fingerprint density at radius 2 is 1.77 bits per heavy atom. The van der Waals surface area contributed by atoms with Gasteiger partial charge in [-0.1, -0.05) is 6.42 Å². The van der Waals surface area contributed by atoms with E-state index < -0.39 is 76.3 Å². The van der Waals surface area contributed by atoms with E-state index in [9.17, 15) is 36.2 Å². The van der Waals surface area contributed by atoms with E-state index in [0.717, 1.165) is 0 Å². The van der Waals surface area contributed by atoms with Gasteiger partial charge in [-0.3, -0.25) is 4.79 Å². The summed E-state index contributed by atoms with van der Waals surface area (Å²) in [5.74, 6) is -2.92. The second-order valence-corrected chi connectivity index (χ2v) is 9.52. The van der Waals surface area contributed by atoms with Crippen molar-refractivity contribution in [3.05, 3.63) is 23.2 Å². The predicted molar refractivity (Wildman–Crippen MR) is 109 cm³/mol. The van der Waals surface area contributed by atoms with Gasteiger partial charge in [0.05, 0.1) is 11.3 Å². The molecule has 1 fully saturated rings. The number of aliphatic hydroxyl groups is 1. The van der Waals surface area contributed by atoms with Crippen molar-refractivity contribution in [2.24, 2.45) is 0 Å². The third-order valence-electron chi connectivity index (χ3n) is 6.66. The van der Waals surface area contributed by atoms with Gasteiger partial charge in [0.15, 0.2) is 5.69 Å². The van der Waals surface area contributed by atoms with Crippen molar-refractivity contribution >= 4 is 11.6 Å². The molecule has 2 aliphatic rings. The fourth-order valence-electron chi connectivity index (χ4n) is 4.79. The summed E-state index contributed by atoms with van der Waals surface area (Å²) in [4.78, 5) is 18.6. The fraction of sp³-hybridized carbons (Fsp3) is 0.619. The minimum absolute atomic E-state index is 0.119. The lowest BCUT2D eigenvalue weighted by Crippen LogP contribution is -2.48. The number of rotatable bonds is 0. The molecule has 192 valence electrons. The standard InChI is InChI=1S/C21H23F6N5O3/c1-18(2)8-6-10-5-3-4-7-19(34,21(25,26)27)17-31-30-15(35-17)14-12(28)9-11(20(22,23)24)13(29-14)16(33)32(10)18/h9-10,34H,3-8,28H2,1-2H3/t10?,19-/m1/s1. The number of hydrogen-bond donors (Lipinski definition) is 2. The summed E-state index contributed by atoms with van der Waals surface area (Å²) in [6.07, 6.45) is -9.76. The smallest absolute Gasteiger partial charge is 0.416 e. The van der Waals surface area contributed by atoms with Crippen LogP contribution >= 0.6 is 0 Å². The average molecular weight is 507 g/mol. The summed E-state index contributed by atoms with van der Waals surface area (Å²) in [6, 6.07) is -0.0507. The van der Waals surface area contributed by atoms with Gasteiger partial charge in [-0.15, -0.1) is 10.2 Å². The van der Waals surface area contributed by atoms with Gasteiger partial charge in [0.25, 0.3) is 17.7 Å². The molecule has 2 atom stereocenters. The van der Waals surface area contributed by atoms with Crippen LogP contribution in [0.15, 0.2) is 10.5 Å². The molecule has 14 heteroatoms. The molecule has 0 aromatic carbocycles. The van der Waals surface area contributed by atoms with Gasteiger partial charge in [-0.25, -0.2) is 4.98 Å². The van der Waals surface area contributed by atoms with E-state index in [2.05, 4.69) is 15.2 Å². The Balaban J connectivity index is 1.95. The Kier molecular flexibility index (Phi) is 5.81. The van der Waals surface area contributed by atoms with E-state index in [0.29, 0.717) is 18.9 Å². The summed E-state index contributed by atoms with van der Waals surface area (Å²) < 4.78 is 88.1. The molecule has 2 aromatic heterocycles. The van der Waals surface area contributed by atoms with Crippen molar-refractivity contribution < 1.29 is 40.7 Å². The van der Waals surface area contributed by atoms with Crippen molar-refractivity contribution in [2.75, 3.05) is 5.73 Å². The van der Waals surface area contributed by atoms with Crippen LogP contribution in [0.1, 0.15) is 74.3 Å². The Bertz CT molecular complexity index is 1150. The lowest BCUT2D eigenvalue weighted by molar-refractivity contribution is -0.277. The van der Waals surface area contributed by atoms with Crippen LogP contribution in [0.3, 0.4) is 0 Å². The molecule has 4 bridgehead atoms. The first-order valence-electron chi connectivity index (χ1n) is 10.9. The summed E-state index contributed by atoms with van der Waals surface area (Å²) in [5, 5.41) is 17.2. The van der Waals surface area contributed by atoms with E-state index in [1.165, 1.54) is 4.90 Å². The van der Waals surface area contributed by atoms with Crippen LogP contribution in [0, 0.1) is 0 Å². The molecule has 1 unspecified atom stereocenters. The van der Waals surface area contributed by atoms with Gasteiger partial charge in [-0.2, -0.15) is 26.3 Å². The van der Waals surface area contributed by atoms with E-state index >= 15 is 0 Å². The number of halogens is 6. The van der Waals surface area contributed by atoms with E-state index in [1.807, 2.05) is 0 Å². The number of aromatic nitrogens is 3. The number of carbonyl (C=O) groups excluding carboxylic acids is 1. The highest BCUT2D eigenvalue weighted by molar-refractivity contribution is 5.96. The SMILES string of the molecule is CC1(C)CCC2CCCC[C@](O)(C(F)(F)F)c3nnc(o3)-c3nc(c(C(F)(F)F)cc3N)C(=O)N21. The molecule has 3 N–H and O–H groups in total. The highest BCUT2D eigenvalue weighted by atomic mass is 19.4. The third-order valence-corrected chi connectivity index (χ3v) is 6.66. The number of alkyl halides is 6. The molecule has 1 amide bonds. The molecular weight excluding hydrogens is 484 g/mol. The van der Waals surface area contributed by atoms with Gasteiger partial charge in [0.2, 0.25) is 5.60 Å². The van der Waals surface area contributed by atoms with Crippen LogP contribution in [0.4, 0.5) is 32.0 Å². The molecule has 4 rings (SSSR count). The van der Waals surface area contributed by atoms with Gasteiger partial charge < -0.3 is 20.2 Å². The molecule has 0 aliphatic carbocycles. The van der Waals surface area contributed by atoms with Crippen molar-refractivity contribution in [3.8, 4) is 11.6 Å². The van der Waals surface area contributed by atoms with Crippen molar-refractivity contribution in [3.63, 3.8) is 0 Å². The highest BCUT2D eigenvalue weighted by Crippen LogP contribution is 2.45. The minimum atomic E-state index is -5.17. The zero-order valence-corrected chi connectivity index (χ0v) is 18.8. The second-order valence-electron chi connectivity index (χ2n) is 9.52. The Labute approximate surface area is 195 Å². The molecule has 8 nitrogen and oxygen atoms in total. The molecule has 0 saturated carbocycles. The number of amides is 1. The first-order chi connectivity index (χ1) is 16.1. The summed E-state index contributed by atoms with van der Waals surface area (Å²) in [7, 11) is 0. The van der Waals surface area contributed by atoms with Gasteiger partial charge in [-0.05, 0) is 52.0 Å². The van der Waals surface area contributed by atoms with E-state index in [4.69, 9.17) is 10.2 Å². The van der Waals surface area contributed by atoms with E-state index in [1.54, 1.807) is 13.8 Å². The highest BCUT2D eigenvalue weighted by Gasteiger charge is 2.58. The number of fused-ring (bicyclic) bond motifs is 6. The summed E-state index contributed by atoms with van der Waals surface area (Å²) >= 11 is 0. The number of hydrogen-bond acceptors (Lipinski definition) is 7. The lowest BCUT2D eigenvalue weighted by Gasteiger charge is -2.36. The molecular formula is C21H23F6N5O3. The molecule has 0 spiro atoms. The Morgan fingerprint density at radius 1 is 1.09 bits per heavy atom. The summed E-state index contributed by atoms with van der Waals surface area (Å²) in [6.45, 7) is 3.40. The molecule has 4 heterocycles. The lowest BCUT2D eigenvalue weighted by atomic mass is 9.94. The van der Waals surface area contributed by atoms with Crippen LogP contribution in [-0.4, -0.2) is 48.9 Å². The second kappa shape index (κ2) is 8.07. The monoisotopic (exact) mass is 507 g/mol. The molecule has 35 heavy (non-hydrogen) atoms. The Morgan fingerprint density at radius 3 is 2.40 bits per heavy atom. The van der Waals surface area contributed by atoms with Crippen molar-refractivity contribution in [2.45, 2.75) is 81.9 Å². The zero-order valence-electron chi connectivity index (χ0n) is 18.8. The summed E-state index contributed by atoms with van der Waals surface area (Å²) in [5.41, 5.74) is -2.15. The normalized spacial score (nSPS) is 25.3. The van der Waals surface area contributed by atoms with Crippen molar-refractivity contribution in [1.29, 1.82) is 0 Å². The number of nitrogens with zero attached hydrogens (tertiary/aromatic N) is 4. The van der Waals surface area contributed by atoms with Crippen LogP contribution in [0.2, 0.25) is 0 Å². The topological polar surface area (TPSA) is 118 Å². The Hall–Kier alpha value is -2.90. The van der Waals surface area contributed by atoms with Crippen molar-refractivity contribution in [1.82, 2.24) is 20.1 Å².